The number of rotatable bonds is 5. The lowest BCUT2D eigenvalue weighted by Gasteiger charge is -2.30. The van der Waals surface area contributed by atoms with Crippen LogP contribution in [0.25, 0.3) is 0 Å². The summed E-state index contributed by atoms with van der Waals surface area (Å²) < 4.78 is 0. The summed E-state index contributed by atoms with van der Waals surface area (Å²) in [5, 5.41) is 3.60. The smallest absolute Gasteiger partial charge is 0.179 e. The van der Waals surface area contributed by atoms with Gasteiger partial charge in [0.1, 0.15) is 0 Å². The summed E-state index contributed by atoms with van der Waals surface area (Å²) in [5.41, 5.74) is 3.17. The van der Waals surface area contributed by atoms with Crippen LogP contribution in [0.5, 0.6) is 0 Å². The van der Waals surface area contributed by atoms with Crippen LogP contribution < -0.4 is 5.32 Å². The molecule has 22 heavy (non-hydrogen) atoms. The van der Waals surface area contributed by atoms with Gasteiger partial charge in [-0.1, -0.05) is 30.2 Å². The molecule has 5 unspecified atom stereocenters. The van der Waals surface area contributed by atoms with Gasteiger partial charge in [-0.2, -0.15) is 0 Å². The van der Waals surface area contributed by atoms with Crippen LogP contribution in [0.3, 0.4) is 0 Å². The minimum absolute atomic E-state index is 0.101. The number of Topliss-reactive ketones (excluding diaryl/α,β-unsaturated/α-hetero) is 1. The van der Waals surface area contributed by atoms with E-state index in [4.69, 9.17) is 0 Å². The summed E-state index contributed by atoms with van der Waals surface area (Å²) in [6.07, 6.45) is 5.63. The average Bonchev–Trinajstić information content (AvgIpc) is 3.09. The summed E-state index contributed by atoms with van der Waals surface area (Å²) in [6.45, 7) is 8.40. The third-order valence-electron chi connectivity index (χ3n) is 5.99. The molecule has 2 bridgehead atoms. The molecule has 0 aliphatic heterocycles. The Kier molecular flexibility index (Phi) is 4.40. The second kappa shape index (κ2) is 6.16. The highest BCUT2D eigenvalue weighted by molar-refractivity contribution is 6.01. The molecule has 1 N–H and O–H groups in total. The largest absolute Gasteiger partial charge is 0.305 e. The molecule has 0 amide bonds. The van der Waals surface area contributed by atoms with Gasteiger partial charge in [0, 0.05) is 11.6 Å². The van der Waals surface area contributed by atoms with Crippen molar-refractivity contribution in [1.29, 1.82) is 0 Å². The van der Waals surface area contributed by atoms with Gasteiger partial charge in [0.15, 0.2) is 5.78 Å². The van der Waals surface area contributed by atoms with Gasteiger partial charge in [-0.15, -0.1) is 0 Å². The highest BCUT2D eigenvalue weighted by Gasteiger charge is 2.42. The molecule has 1 aromatic rings. The predicted molar refractivity (Wildman–Crippen MR) is 91.2 cm³/mol. The zero-order chi connectivity index (χ0) is 15.9. The Hall–Kier alpha value is -1.15. The number of hydrogen-bond acceptors (Lipinski definition) is 2. The number of carbonyl (C=O) groups excluding carboxylic acids is 1. The van der Waals surface area contributed by atoms with Crippen LogP contribution >= 0.6 is 0 Å². The Bertz CT molecular complexity index is 565. The van der Waals surface area contributed by atoms with Gasteiger partial charge in [-0.3, -0.25) is 4.79 Å². The minimum Gasteiger partial charge on any atom is -0.305 e. The summed E-state index contributed by atoms with van der Waals surface area (Å²) in [7, 11) is 0. The van der Waals surface area contributed by atoms with Gasteiger partial charge in [0.05, 0.1) is 6.04 Å². The Balaban J connectivity index is 1.63. The van der Waals surface area contributed by atoms with E-state index in [9.17, 15) is 4.79 Å². The van der Waals surface area contributed by atoms with Gasteiger partial charge in [0.2, 0.25) is 0 Å². The first-order valence-electron chi connectivity index (χ1n) is 8.83. The Morgan fingerprint density at radius 3 is 2.55 bits per heavy atom. The Labute approximate surface area is 134 Å². The average molecular weight is 299 g/mol. The van der Waals surface area contributed by atoms with E-state index in [0.29, 0.717) is 6.04 Å². The lowest BCUT2D eigenvalue weighted by atomic mass is 9.83. The molecule has 0 saturated heterocycles. The lowest BCUT2D eigenvalue weighted by molar-refractivity contribution is 0.0934. The Morgan fingerprint density at radius 1 is 1.18 bits per heavy atom. The van der Waals surface area contributed by atoms with Crippen LogP contribution in [0, 0.1) is 31.6 Å². The molecule has 5 atom stereocenters. The molecular formula is C20H29NO. The SMILES string of the molecule is Cc1ccc(C(=O)C(C)NC(C)C2CC3CCC2C3)c(C)c1. The van der Waals surface area contributed by atoms with E-state index in [1.54, 1.807) is 0 Å². The fourth-order valence-electron chi connectivity index (χ4n) is 4.82. The van der Waals surface area contributed by atoms with Gasteiger partial charge in [-0.05, 0) is 70.3 Å². The molecule has 120 valence electrons. The number of ketones is 1. The normalized spacial score (nSPS) is 29.5. The van der Waals surface area contributed by atoms with Crippen LogP contribution in [-0.4, -0.2) is 17.9 Å². The second-order valence-electron chi connectivity index (χ2n) is 7.70. The summed E-state index contributed by atoms with van der Waals surface area (Å²) in [5.74, 6) is 2.86. The number of fused-ring (bicyclic) bond motifs is 2. The van der Waals surface area contributed by atoms with Crippen molar-refractivity contribution in [2.75, 3.05) is 0 Å². The first-order chi connectivity index (χ1) is 10.5. The molecule has 0 radical (unpaired) electrons. The molecule has 2 aliphatic rings. The zero-order valence-corrected chi connectivity index (χ0v) is 14.4. The molecule has 2 aliphatic carbocycles. The third-order valence-corrected chi connectivity index (χ3v) is 5.99. The quantitative estimate of drug-likeness (QED) is 0.822. The van der Waals surface area contributed by atoms with Crippen molar-refractivity contribution in [3.63, 3.8) is 0 Å². The highest BCUT2D eigenvalue weighted by Crippen LogP contribution is 2.49. The van der Waals surface area contributed by atoms with Gasteiger partial charge in [0.25, 0.3) is 0 Å². The van der Waals surface area contributed by atoms with E-state index in [0.717, 1.165) is 28.9 Å². The summed E-state index contributed by atoms with van der Waals surface area (Å²) in [4.78, 5) is 12.7. The number of nitrogens with one attached hydrogen (secondary N) is 1. The van der Waals surface area contributed by atoms with Crippen molar-refractivity contribution in [1.82, 2.24) is 5.32 Å². The lowest BCUT2D eigenvalue weighted by Crippen LogP contribution is -2.45. The van der Waals surface area contributed by atoms with Crippen LogP contribution in [0.4, 0.5) is 0 Å². The molecule has 3 rings (SSSR count). The topological polar surface area (TPSA) is 29.1 Å². The first kappa shape index (κ1) is 15.7. The third kappa shape index (κ3) is 2.99. The van der Waals surface area contributed by atoms with Crippen molar-refractivity contribution < 1.29 is 4.79 Å². The first-order valence-corrected chi connectivity index (χ1v) is 8.83. The monoisotopic (exact) mass is 299 g/mol. The maximum atomic E-state index is 12.7. The fraction of sp³-hybridized carbons (Fsp3) is 0.650. The van der Waals surface area contributed by atoms with Gasteiger partial charge < -0.3 is 5.32 Å². The van der Waals surface area contributed by atoms with E-state index in [-0.39, 0.29) is 11.8 Å². The molecule has 1 aromatic carbocycles. The zero-order valence-electron chi connectivity index (χ0n) is 14.4. The van der Waals surface area contributed by atoms with E-state index in [1.165, 1.54) is 31.2 Å². The van der Waals surface area contributed by atoms with E-state index in [1.807, 2.05) is 26.0 Å². The molecule has 0 spiro atoms. The maximum absolute atomic E-state index is 12.7. The van der Waals surface area contributed by atoms with Gasteiger partial charge in [-0.25, -0.2) is 0 Å². The number of benzene rings is 1. The standard InChI is InChI=1S/C20H29NO/c1-12-5-8-18(13(2)9-12)20(22)15(4)21-14(3)19-11-16-6-7-17(19)10-16/h5,8-9,14-17,19,21H,6-7,10-11H2,1-4H3. The van der Waals surface area contributed by atoms with Crippen molar-refractivity contribution in [3.8, 4) is 0 Å². The van der Waals surface area contributed by atoms with E-state index in [2.05, 4.69) is 25.2 Å². The predicted octanol–water partition coefficient (Wildman–Crippen LogP) is 4.29. The van der Waals surface area contributed by atoms with E-state index >= 15 is 0 Å². The van der Waals surface area contributed by atoms with Crippen LogP contribution in [0.2, 0.25) is 0 Å². The molecule has 0 aromatic heterocycles. The molecule has 2 heteroatoms. The Morgan fingerprint density at radius 2 is 1.95 bits per heavy atom. The number of hydrogen-bond donors (Lipinski definition) is 1. The maximum Gasteiger partial charge on any atom is 0.179 e. The van der Waals surface area contributed by atoms with E-state index < -0.39 is 0 Å². The summed E-state index contributed by atoms with van der Waals surface area (Å²) >= 11 is 0. The number of aryl methyl sites for hydroxylation is 2. The van der Waals surface area contributed by atoms with Crippen molar-refractivity contribution in [2.24, 2.45) is 17.8 Å². The molecule has 2 nitrogen and oxygen atoms in total. The van der Waals surface area contributed by atoms with Crippen LogP contribution in [0.1, 0.15) is 61.0 Å². The molecule has 2 fully saturated rings. The summed E-state index contributed by atoms with van der Waals surface area (Å²) in [6, 6.07) is 6.45. The fourth-order valence-corrected chi connectivity index (χ4v) is 4.82. The van der Waals surface area contributed by atoms with Crippen LogP contribution in [0.15, 0.2) is 18.2 Å². The van der Waals surface area contributed by atoms with Crippen molar-refractivity contribution in [2.45, 2.75) is 65.5 Å². The number of carbonyl (C=O) groups is 1. The molecule has 2 saturated carbocycles. The van der Waals surface area contributed by atoms with Crippen molar-refractivity contribution in [3.05, 3.63) is 34.9 Å². The minimum atomic E-state index is -0.101. The highest BCUT2D eigenvalue weighted by atomic mass is 16.1. The van der Waals surface area contributed by atoms with Gasteiger partial charge >= 0.3 is 0 Å². The van der Waals surface area contributed by atoms with Crippen LogP contribution in [-0.2, 0) is 0 Å². The second-order valence-corrected chi connectivity index (χ2v) is 7.70. The van der Waals surface area contributed by atoms with Crippen molar-refractivity contribution >= 4 is 5.78 Å². The molecular weight excluding hydrogens is 270 g/mol. The molecule has 0 heterocycles.